The van der Waals surface area contributed by atoms with Gasteiger partial charge in [-0.15, -0.1) is 0 Å². The minimum absolute atomic E-state index is 0.0221. The summed E-state index contributed by atoms with van der Waals surface area (Å²) in [6, 6.07) is 0.242. The Morgan fingerprint density at radius 3 is 2.67 bits per heavy atom. The predicted molar refractivity (Wildman–Crippen MR) is 67.3 cm³/mol. The van der Waals surface area contributed by atoms with Crippen LogP contribution in [0.5, 0.6) is 6.01 Å². The van der Waals surface area contributed by atoms with Crippen molar-refractivity contribution in [1.82, 2.24) is 24.7 Å². The van der Waals surface area contributed by atoms with E-state index in [-0.39, 0.29) is 12.1 Å². The molecule has 0 saturated heterocycles. The van der Waals surface area contributed by atoms with Crippen molar-refractivity contribution in [3.8, 4) is 12.0 Å². The van der Waals surface area contributed by atoms with Gasteiger partial charge in [-0.05, 0) is 13.8 Å². The molecule has 0 saturated carbocycles. The molecule has 0 atom stereocenters. The lowest BCUT2D eigenvalue weighted by atomic mass is 10.5. The summed E-state index contributed by atoms with van der Waals surface area (Å²) in [6.45, 7) is 3.79. The lowest BCUT2D eigenvalue weighted by Crippen LogP contribution is -2.13. The molecule has 0 bridgehead atoms. The van der Waals surface area contributed by atoms with Crippen molar-refractivity contribution in [2.75, 3.05) is 12.4 Å². The van der Waals surface area contributed by atoms with E-state index in [1.54, 1.807) is 13.2 Å². The first-order chi connectivity index (χ1) is 8.58. The molecule has 0 amide bonds. The van der Waals surface area contributed by atoms with Gasteiger partial charge < -0.3 is 10.1 Å². The number of halogens is 1. The molecule has 0 radical (unpaired) electrons. The molecule has 8 heteroatoms. The molecule has 7 nitrogen and oxygen atoms in total. The Balaban J connectivity index is 2.40. The number of anilines is 1. The number of hydrogen-bond acceptors (Lipinski definition) is 6. The first-order valence-corrected chi connectivity index (χ1v) is 5.77. The average Bonchev–Trinajstić information content (AvgIpc) is 2.74. The lowest BCUT2D eigenvalue weighted by Gasteiger charge is -2.09. The first-order valence-electron chi connectivity index (χ1n) is 5.39. The first kappa shape index (κ1) is 12.6. The summed E-state index contributed by atoms with van der Waals surface area (Å²) < 4.78 is 6.91. The number of hydrogen-bond donors (Lipinski definition) is 1. The molecule has 0 aromatic carbocycles. The zero-order valence-corrected chi connectivity index (χ0v) is 11.0. The smallest absolute Gasteiger partial charge is 0.323 e. The van der Waals surface area contributed by atoms with Crippen molar-refractivity contribution in [3.05, 3.63) is 17.4 Å². The van der Waals surface area contributed by atoms with E-state index in [0.29, 0.717) is 16.9 Å². The van der Waals surface area contributed by atoms with Crippen LogP contribution in [0, 0.1) is 0 Å². The fourth-order valence-corrected chi connectivity index (χ4v) is 1.37. The van der Waals surface area contributed by atoms with Gasteiger partial charge in [-0.1, -0.05) is 11.6 Å². The highest BCUT2D eigenvalue weighted by atomic mass is 35.5. The molecule has 96 valence electrons. The van der Waals surface area contributed by atoms with Crippen LogP contribution in [0.3, 0.4) is 0 Å². The van der Waals surface area contributed by atoms with E-state index in [4.69, 9.17) is 16.3 Å². The van der Waals surface area contributed by atoms with Gasteiger partial charge in [0.25, 0.3) is 5.95 Å². The van der Waals surface area contributed by atoms with Crippen molar-refractivity contribution in [2.45, 2.75) is 20.0 Å². The zero-order valence-electron chi connectivity index (χ0n) is 10.3. The molecule has 2 heterocycles. The highest BCUT2D eigenvalue weighted by Crippen LogP contribution is 2.13. The molecule has 18 heavy (non-hydrogen) atoms. The van der Waals surface area contributed by atoms with Gasteiger partial charge in [-0.25, -0.2) is 4.68 Å². The molecule has 1 N–H and O–H groups in total. The summed E-state index contributed by atoms with van der Waals surface area (Å²) in [7, 11) is 1.72. The number of aromatic nitrogens is 5. The predicted octanol–water partition coefficient (Wildman–Crippen LogP) is 1.54. The van der Waals surface area contributed by atoms with E-state index < -0.39 is 0 Å². The standard InChI is InChI=1S/C10H13ClN6O/c1-6(2)18-10-15-8(12-3)14-9(16-10)17-5-7(11)4-13-17/h4-6H,1-3H3,(H,12,14,15,16). The Bertz CT molecular complexity index is 541. The summed E-state index contributed by atoms with van der Waals surface area (Å²) in [5.74, 6) is 0.749. The maximum absolute atomic E-state index is 5.81. The van der Waals surface area contributed by atoms with E-state index in [9.17, 15) is 0 Å². The van der Waals surface area contributed by atoms with Gasteiger partial charge >= 0.3 is 6.01 Å². The molecule has 0 aliphatic heterocycles. The van der Waals surface area contributed by atoms with E-state index >= 15 is 0 Å². The third-order valence-corrected chi connectivity index (χ3v) is 2.12. The lowest BCUT2D eigenvalue weighted by molar-refractivity contribution is 0.221. The van der Waals surface area contributed by atoms with Crippen LogP contribution >= 0.6 is 11.6 Å². The largest absolute Gasteiger partial charge is 0.461 e. The molecule has 2 aromatic rings. The average molecular weight is 269 g/mol. The minimum Gasteiger partial charge on any atom is -0.461 e. The molecule has 0 spiro atoms. The van der Waals surface area contributed by atoms with Crippen molar-refractivity contribution in [1.29, 1.82) is 0 Å². The van der Waals surface area contributed by atoms with Crippen molar-refractivity contribution in [3.63, 3.8) is 0 Å². The van der Waals surface area contributed by atoms with Crippen LogP contribution in [-0.2, 0) is 0 Å². The summed E-state index contributed by atoms with van der Waals surface area (Å²) in [5, 5.41) is 7.38. The van der Waals surface area contributed by atoms with Gasteiger partial charge in [0.05, 0.1) is 23.5 Å². The molecule has 2 aromatic heterocycles. The van der Waals surface area contributed by atoms with Gasteiger partial charge in [-0.3, -0.25) is 0 Å². The zero-order chi connectivity index (χ0) is 13.1. The summed E-state index contributed by atoms with van der Waals surface area (Å²) in [6.07, 6.45) is 3.09. The van der Waals surface area contributed by atoms with Crippen molar-refractivity contribution >= 4 is 17.5 Å². The van der Waals surface area contributed by atoms with Crippen LogP contribution in [0.1, 0.15) is 13.8 Å². The maximum Gasteiger partial charge on any atom is 0.323 e. The van der Waals surface area contributed by atoms with E-state index in [2.05, 4.69) is 25.4 Å². The third kappa shape index (κ3) is 2.86. The molecular weight excluding hydrogens is 256 g/mol. The topological polar surface area (TPSA) is 77.8 Å². The fraction of sp³-hybridized carbons (Fsp3) is 0.400. The normalized spacial score (nSPS) is 10.7. The Labute approximate surface area is 109 Å². The second-order valence-corrected chi connectivity index (χ2v) is 4.20. The van der Waals surface area contributed by atoms with Crippen molar-refractivity contribution < 1.29 is 4.74 Å². The van der Waals surface area contributed by atoms with Crippen LogP contribution in [0.15, 0.2) is 12.4 Å². The van der Waals surface area contributed by atoms with Crippen LogP contribution < -0.4 is 10.1 Å². The monoisotopic (exact) mass is 268 g/mol. The quantitative estimate of drug-likeness (QED) is 0.906. The van der Waals surface area contributed by atoms with Gasteiger partial charge in [0.15, 0.2) is 0 Å². The number of nitrogens with one attached hydrogen (secondary N) is 1. The summed E-state index contributed by atoms with van der Waals surface area (Å²) >= 11 is 5.81. The highest BCUT2D eigenvalue weighted by Gasteiger charge is 2.10. The second-order valence-electron chi connectivity index (χ2n) is 3.76. The summed E-state index contributed by atoms with van der Waals surface area (Å²) in [5.41, 5.74) is 0. The Kier molecular flexibility index (Phi) is 3.61. The van der Waals surface area contributed by atoms with Crippen molar-refractivity contribution in [2.24, 2.45) is 0 Å². The molecule has 0 aliphatic rings. The van der Waals surface area contributed by atoms with E-state index in [0.717, 1.165) is 0 Å². The number of rotatable bonds is 4. The van der Waals surface area contributed by atoms with Crippen LogP contribution in [0.25, 0.3) is 5.95 Å². The molecule has 0 fully saturated rings. The molecule has 0 unspecified atom stereocenters. The van der Waals surface area contributed by atoms with Gasteiger partial charge in [0.2, 0.25) is 5.95 Å². The van der Waals surface area contributed by atoms with E-state index in [1.165, 1.54) is 10.9 Å². The fourth-order valence-electron chi connectivity index (χ4n) is 1.23. The van der Waals surface area contributed by atoms with Crippen LogP contribution in [0.2, 0.25) is 5.02 Å². The molecule has 2 rings (SSSR count). The number of ether oxygens (including phenoxy) is 1. The van der Waals surface area contributed by atoms with Gasteiger partial charge in [-0.2, -0.15) is 20.1 Å². The second kappa shape index (κ2) is 5.18. The minimum atomic E-state index is -0.0221. The Hall–Kier alpha value is -1.89. The van der Waals surface area contributed by atoms with E-state index in [1.807, 2.05) is 13.8 Å². The van der Waals surface area contributed by atoms with Crippen LogP contribution in [0.4, 0.5) is 5.95 Å². The summed E-state index contributed by atoms with van der Waals surface area (Å²) in [4.78, 5) is 12.4. The van der Waals surface area contributed by atoms with Gasteiger partial charge in [0.1, 0.15) is 0 Å². The molecular formula is C10H13ClN6O. The highest BCUT2D eigenvalue weighted by molar-refractivity contribution is 6.30. The van der Waals surface area contributed by atoms with Crippen LogP contribution in [-0.4, -0.2) is 37.9 Å². The number of nitrogens with zero attached hydrogens (tertiary/aromatic N) is 5. The molecule has 0 aliphatic carbocycles. The van der Waals surface area contributed by atoms with Gasteiger partial charge in [0, 0.05) is 7.05 Å². The Morgan fingerprint density at radius 2 is 2.11 bits per heavy atom. The maximum atomic E-state index is 5.81. The Morgan fingerprint density at radius 1 is 1.33 bits per heavy atom. The third-order valence-electron chi connectivity index (χ3n) is 1.92. The SMILES string of the molecule is CNc1nc(OC(C)C)nc(-n2cc(Cl)cn2)n1.